The molecule has 0 saturated heterocycles. The molecular weight excluding hydrogens is 241 g/mol. The summed E-state index contributed by atoms with van der Waals surface area (Å²) in [6.45, 7) is 4.10. The Morgan fingerprint density at radius 3 is 2.74 bits per heavy atom. The molecule has 2 aromatic rings. The van der Waals surface area contributed by atoms with Crippen LogP contribution in [0.2, 0.25) is 0 Å². The molecule has 2 aromatic carbocycles. The van der Waals surface area contributed by atoms with Crippen LogP contribution in [0.5, 0.6) is 5.75 Å². The largest absolute Gasteiger partial charge is 0.487 e. The Hall–Kier alpha value is -2.03. The Kier molecular flexibility index (Phi) is 2.52. The second-order valence-electron chi connectivity index (χ2n) is 5.60. The molecule has 0 radical (unpaired) electrons. The molecule has 0 atom stereocenters. The SMILES string of the molecule is CC1(C)Cc2cc(-c3cc(N)ccc3F)ccc2O1. The molecule has 3 heteroatoms. The van der Waals surface area contributed by atoms with Crippen molar-refractivity contribution >= 4 is 5.69 Å². The lowest BCUT2D eigenvalue weighted by Crippen LogP contribution is -2.24. The van der Waals surface area contributed by atoms with Crippen LogP contribution in [0.4, 0.5) is 10.1 Å². The van der Waals surface area contributed by atoms with E-state index in [2.05, 4.69) is 0 Å². The summed E-state index contributed by atoms with van der Waals surface area (Å²) in [6.07, 6.45) is 0.833. The van der Waals surface area contributed by atoms with Crippen molar-refractivity contribution in [2.45, 2.75) is 25.9 Å². The number of rotatable bonds is 1. The Morgan fingerprint density at radius 2 is 1.95 bits per heavy atom. The van der Waals surface area contributed by atoms with Crippen molar-refractivity contribution in [3.8, 4) is 16.9 Å². The number of hydrogen-bond acceptors (Lipinski definition) is 2. The zero-order valence-electron chi connectivity index (χ0n) is 11.0. The molecule has 0 amide bonds. The zero-order valence-corrected chi connectivity index (χ0v) is 11.0. The van der Waals surface area contributed by atoms with Crippen molar-refractivity contribution in [2.24, 2.45) is 0 Å². The first-order valence-electron chi connectivity index (χ1n) is 6.32. The molecule has 0 aliphatic carbocycles. The van der Waals surface area contributed by atoms with Crippen LogP contribution in [0.3, 0.4) is 0 Å². The first kappa shape index (κ1) is 12.0. The van der Waals surface area contributed by atoms with E-state index in [4.69, 9.17) is 10.5 Å². The fourth-order valence-electron chi connectivity index (χ4n) is 2.54. The summed E-state index contributed by atoms with van der Waals surface area (Å²) in [5.41, 5.74) is 8.60. The van der Waals surface area contributed by atoms with Gasteiger partial charge in [0.1, 0.15) is 17.2 Å². The highest BCUT2D eigenvalue weighted by atomic mass is 19.1. The molecule has 0 fully saturated rings. The molecule has 2 nitrogen and oxygen atoms in total. The van der Waals surface area contributed by atoms with E-state index in [1.807, 2.05) is 32.0 Å². The zero-order chi connectivity index (χ0) is 13.6. The first-order chi connectivity index (χ1) is 8.94. The summed E-state index contributed by atoms with van der Waals surface area (Å²) in [4.78, 5) is 0. The van der Waals surface area contributed by atoms with E-state index in [0.717, 1.165) is 23.3 Å². The number of nitrogen functional groups attached to an aromatic ring is 1. The summed E-state index contributed by atoms with van der Waals surface area (Å²) in [5.74, 6) is 0.630. The minimum Gasteiger partial charge on any atom is -0.487 e. The van der Waals surface area contributed by atoms with Gasteiger partial charge in [-0.25, -0.2) is 4.39 Å². The third kappa shape index (κ3) is 2.16. The molecule has 0 spiro atoms. The van der Waals surface area contributed by atoms with Crippen molar-refractivity contribution in [1.82, 2.24) is 0 Å². The third-order valence-corrected chi connectivity index (χ3v) is 3.36. The van der Waals surface area contributed by atoms with Gasteiger partial charge in [0.2, 0.25) is 0 Å². The molecular formula is C16H16FNO. The fraction of sp³-hybridized carbons (Fsp3) is 0.250. The van der Waals surface area contributed by atoms with Crippen molar-refractivity contribution in [3.05, 3.63) is 47.8 Å². The van der Waals surface area contributed by atoms with Crippen molar-refractivity contribution in [2.75, 3.05) is 5.73 Å². The number of hydrogen-bond donors (Lipinski definition) is 1. The number of nitrogens with two attached hydrogens (primary N) is 1. The number of benzene rings is 2. The maximum atomic E-state index is 13.9. The number of fused-ring (bicyclic) bond motifs is 1. The van der Waals surface area contributed by atoms with Gasteiger partial charge in [0, 0.05) is 17.7 Å². The van der Waals surface area contributed by atoms with Gasteiger partial charge in [-0.2, -0.15) is 0 Å². The lowest BCUT2D eigenvalue weighted by atomic mass is 9.97. The number of halogens is 1. The van der Waals surface area contributed by atoms with Crippen molar-refractivity contribution in [3.63, 3.8) is 0 Å². The van der Waals surface area contributed by atoms with Gasteiger partial charge in [0.05, 0.1) is 0 Å². The maximum absolute atomic E-state index is 13.9. The molecule has 98 valence electrons. The van der Waals surface area contributed by atoms with Gasteiger partial charge in [0.25, 0.3) is 0 Å². The van der Waals surface area contributed by atoms with Gasteiger partial charge in [-0.1, -0.05) is 6.07 Å². The van der Waals surface area contributed by atoms with Crippen LogP contribution in [0.15, 0.2) is 36.4 Å². The van der Waals surface area contributed by atoms with Crippen molar-refractivity contribution in [1.29, 1.82) is 0 Å². The Labute approximate surface area is 112 Å². The normalized spacial score (nSPS) is 15.9. The van der Waals surface area contributed by atoms with E-state index < -0.39 is 0 Å². The van der Waals surface area contributed by atoms with Crippen molar-refractivity contribution < 1.29 is 9.13 Å². The monoisotopic (exact) mass is 257 g/mol. The van der Waals surface area contributed by atoms with Gasteiger partial charge < -0.3 is 10.5 Å². The van der Waals surface area contributed by atoms with Gasteiger partial charge in [-0.3, -0.25) is 0 Å². The molecule has 0 bridgehead atoms. The second kappa shape index (κ2) is 3.98. The van der Waals surface area contributed by atoms with Gasteiger partial charge in [0.15, 0.2) is 0 Å². The summed E-state index contributed by atoms with van der Waals surface area (Å²) >= 11 is 0. The highest BCUT2D eigenvalue weighted by molar-refractivity contribution is 5.70. The molecule has 19 heavy (non-hydrogen) atoms. The molecule has 0 unspecified atom stereocenters. The summed E-state index contributed by atoms with van der Waals surface area (Å²) in [7, 11) is 0. The predicted molar refractivity (Wildman–Crippen MR) is 74.7 cm³/mol. The molecule has 0 saturated carbocycles. The van der Waals surface area contributed by atoms with E-state index >= 15 is 0 Å². The van der Waals surface area contributed by atoms with E-state index in [0.29, 0.717) is 11.3 Å². The smallest absolute Gasteiger partial charge is 0.131 e. The van der Waals surface area contributed by atoms with Gasteiger partial charge in [-0.15, -0.1) is 0 Å². The lowest BCUT2D eigenvalue weighted by Gasteiger charge is -2.16. The Bertz CT molecular complexity index is 649. The number of anilines is 1. The number of ether oxygens (including phenoxy) is 1. The van der Waals surface area contributed by atoms with Gasteiger partial charge in [-0.05, 0) is 55.3 Å². The topological polar surface area (TPSA) is 35.2 Å². The molecule has 2 N–H and O–H groups in total. The molecule has 3 rings (SSSR count). The highest BCUT2D eigenvalue weighted by Crippen LogP contribution is 2.37. The fourth-order valence-corrected chi connectivity index (χ4v) is 2.54. The predicted octanol–water partition coefficient (Wildman–Crippen LogP) is 3.79. The van der Waals surface area contributed by atoms with E-state index in [9.17, 15) is 4.39 Å². The standard InChI is InChI=1S/C16H16FNO/c1-16(2)9-11-7-10(3-6-15(11)19-16)13-8-12(18)4-5-14(13)17/h3-8H,9,18H2,1-2H3. The van der Waals surface area contributed by atoms with Crippen LogP contribution >= 0.6 is 0 Å². The van der Waals surface area contributed by atoms with Gasteiger partial charge >= 0.3 is 0 Å². The maximum Gasteiger partial charge on any atom is 0.131 e. The van der Waals surface area contributed by atoms with Crippen LogP contribution in [0, 0.1) is 5.82 Å². The van der Waals surface area contributed by atoms with Crippen LogP contribution in [0.1, 0.15) is 19.4 Å². The Balaban J connectivity index is 2.07. The highest BCUT2D eigenvalue weighted by Gasteiger charge is 2.30. The quantitative estimate of drug-likeness (QED) is 0.789. The molecule has 0 aromatic heterocycles. The summed E-state index contributed by atoms with van der Waals surface area (Å²) in [6, 6.07) is 10.4. The molecule has 1 heterocycles. The minimum absolute atomic E-state index is 0.185. The summed E-state index contributed by atoms with van der Waals surface area (Å²) < 4.78 is 19.7. The molecule has 1 aliphatic heterocycles. The lowest BCUT2D eigenvalue weighted by molar-refractivity contribution is 0.138. The van der Waals surface area contributed by atoms with E-state index in [1.54, 1.807) is 12.1 Å². The first-order valence-corrected chi connectivity index (χ1v) is 6.32. The van der Waals surface area contributed by atoms with Crippen LogP contribution in [0.25, 0.3) is 11.1 Å². The van der Waals surface area contributed by atoms with Crippen LogP contribution in [-0.4, -0.2) is 5.60 Å². The van der Waals surface area contributed by atoms with E-state index in [1.165, 1.54) is 6.07 Å². The average molecular weight is 257 g/mol. The van der Waals surface area contributed by atoms with Crippen LogP contribution < -0.4 is 10.5 Å². The third-order valence-electron chi connectivity index (χ3n) is 3.36. The summed E-state index contributed by atoms with van der Waals surface area (Å²) in [5, 5.41) is 0. The minimum atomic E-state index is -0.257. The van der Waals surface area contributed by atoms with E-state index in [-0.39, 0.29) is 11.4 Å². The molecule has 1 aliphatic rings. The second-order valence-corrected chi connectivity index (χ2v) is 5.60. The Morgan fingerprint density at radius 1 is 1.16 bits per heavy atom. The average Bonchev–Trinajstić information content (AvgIpc) is 2.65. The van der Waals surface area contributed by atoms with Crippen LogP contribution in [-0.2, 0) is 6.42 Å².